The van der Waals surface area contributed by atoms with E-state index in [0.29, 0.717) is 11.6 Å². The quantitative estimate of drug-likeness (QED) is 0.851. The van der Waals surface area contributed by atoms with E-state index in [1.807, 2.05) is 0 Å². The molecule has 0 aliphatic rings. The number of carbonyl (C=O) groups is 1. The topological polar surface area (TPSA) is 53.4 Å². The van der Waals surface area contributed by atoms with Gasteiger partial charge in [-0.15, -0.1) is 0 Å². The monoisotopic (exact) mass is 228 g/mol. The number of hydrogen-bond donors (Lipinski definition) is 1. The molecular weight excluding hydrogens is 216 g/mol. The molecule has 1 atom stereocenters. The number of aliphatic carboxylic acids is 1. The van der Waals surface area contributed by atoms with Crippen LogP contribution in [0.1, 0.15) is 12.5 Å². The highest BCUT2D eigenvalue weighted by Gasteiger charge is 2.17. The molecule has 0 aliphatic carbocycles. The second-order valence-electron chi connectivity index (χ2n) is 3.40. The van der Waals surface area contributed by atoms with Gasteiger partial charge in [0, 0.05) is 18.9 Å². The van der Waals surface area contributed by atoms with E-state index >= 15 is 0 Å². The third-order valence-corrected chi connectivity index (χ3v) is 2.64. The maximum atomic E-state index is 10.7. The SMILES string of the molecule is CC(C(=O)O)N(C)Cc1ccncc1Cl. The van der Waals surface area contributed by atoms with Crippen LogP contribution in [0.25, 0.3) is 0 Å². The van der Waals surface area contributed by atoms with Crippen LogP contribution in [0.2, 0.25) is 5.02 Å². The fourth-order valence-corrected chi connectivity index (χ4v) is 1.31. The van der Waals surface area contributed by atoms with Gasteiger partial charge in [-0.2, -0.15) is 0 Å². The number of hydrogen-bond acceptors (Lipinski definition) is 3. The highest BCUT2D eigenvalue weighted by atomic mass is 35.5. The molecular formula is C10H13ClN2O2. The molecule has 1 aromatic heterocycles. The Balaban J connectivity index is 2.70. The maximum absolute atomic E-state index is 10.7. The van der Waals surface area contributed by atoms with Crippen LogP contribution in [0, 0.1) is 0 Å². The largest absolute Gasteiger partial charge is 0.480 e. The number of halogens is 1. The van der Waals surface area contributed by atoms with E-state index in [0.717, 1.165) is 5.56 Å². The normalized spacial score (nSPS) is 12.8. The van der Waals surface area contributed by atoms with Crippen molar-refractivity contribution in [2.24, 2.45) is 0 Å². The van der Waals surface area contributed by atoms with E-state index < -0.39 is 12.0 Å². The molecule has 0 aliphatic heterocycles. The predicted molar refractivity (Wildman–Crippen MR) is 57.8 cm³/mol. The minimum absolute atomic E-state index is 0.495. The minimum Gasteiger partial charge on any atom is -0.480 e. The first kappa shape index (κ1) is 11.9. The molecule has 1 aromatic rings. The summed E-state index contributed by atoms with van der Waals surface area (Å²) in [5.41, 5.74) is 0.877. The number of likely N-dealkylation sites (N-methyl/N-ethyl adjacent to an activating group) is 1. The number of rotatable bonds is 4. The summed E-state index contributed by atoms with van der Waals surface area (Å²) in [5, 5.41) is 9.37. The number of aromatic nitrogens is 1. The highest BCUT2D eigenvalue weighted by Crippen LogP contribution is 2.15. The standard InChI is InChI=1S/C10H13ClN2O2/c1-7(10(14)15)13(2)6-8-3-4-12-5-9(8)11/h3-5,7H,6H2,1-2H3,(H,14,15). The van der Waals surface area contributed by atoms with E-state index in [4.69, 9.17) is 16.7 Å². The summed E-state index contributed by atoms with van der Waals surface area (Å²) in [5.74, 6) is -0.845. The molecule has 4 nitrogen and oxygen atoms in total. The van der Waals surface area contributed by atoms with Gasteiger partial charge in [0.2, 0.25) is 0 Å². The lowest BCUT2D eigenvalue weighted by molar-refractivity contribution is -0.142. The summed E-state index contributed by atoms with van der Waals surface area (Å²) in [4.78, 5) is 16.3. The van der Waals surface area contributed by atoms with Crippen molar-refractivity contribution < 1.29 is 9.90 Å². The maximum Gasteiger partial charge on any atom is 0.320 e. The fraction of sp³-hybridized carbons (Fsp3) is 0.400. The van der Waals surface area contributed by atoms with E-state index in [2.05, 4.69) is 4.98 Å². The van der Waals surface area contributed by atoms with Gasteiger partial charge < -0.3 is 5.11 Å². The van der Waals surface area contributed by atoms with Crippen LogP contribution >= 0.6 is 11.6 Å². The summed E-state index contributed by atoms with van der Waals surface area (Å²) >= 11 is 5.92. The Morgan fingerprint density at radius 2 is 2.40 bits per heavy atom. The Morgan fingerprint density at radius 3 is 2.93 bits per heavy atom. The van der Waals surface area contributed by atoms with Crippen LogP contribution in [0.4, 0.5) is 0 Å². The summed E-state index contributed by atoms with van der Waals surface area (Å²) in [6.07, 6.45) is 3.19. The summed E-state index contributed by atoms with van der Waals surface area (Å²) in [6, 6.07) is 1.25. The van der Waals surface area contributed by atoms with E-state index in [1.54, 1.807) is 37.3 Å². The Bertz CT molecular complexity index is 357. The number of carboxylic acid groups (broad SMARTS) is 1. The lowest BCUT2D eigenvalue weighted by Gasteiger charge is -2.21. The first-order valence-corrected chi connectivity index (χ1v) is 4.91. The molecule has 1 unspecified atom stereocenters. The van der Waals surface area contributed by atoms with Crippen LogP contribution in [0.15, 0.2) is 18.5 Å². The average molecular weight is 229 g/mol. The molecule has 0 aromatic carbocycles. The van der Waals surface area contributed by atoms with E-state index in [9.17, 15) is 4.79 Å². The van der Waals surface area contributed by atoms with Gasteiger partial charge in [0.05, 0.1) is 5.02 Å². The molecule has 5 heteroatoms. The van der Waals surface area contributed by atoms with Gasteiger partial charge in [-0.3, -0.25) is 14.7 Å². The third-order valence-electron chi connectivity index (χ3n) is 2.29. The Kier molecular flexibility index (Phi) is 4.05. The molecule has 0 bridgehead atoms. The summed E-state index contributed by atoms with van der Waals surface area (Å²) in [6.45, 7) is 2.13. The van der Waals surface area contributed by atoms with Crippen LogP contribution in [-0.4, -0.2) is 34.0 Å². The van der Waals surface area contributed by atoms with Gasteiger partial charge in [-0.1, -0.05) is 11.6 Å². The molecule has 0 saturated heterocycles. The molecule has 0 amide bonds. The van der Waals surface area contributed by atoms with Crippen molar-refractivity contribution in [3.63, 3.8) is 0 Å². The summed E-state index contributed by atoms with van der Waals surface area (Å²) in [7, 11) is 1.75. The average Bonchev–Trinajstić information content (AvgIpc) is 2.20. The van der Waals surface area contributed by atoms with Gasteiger partial charge in [-0.25, -0.2) is 0 Å². The molecule has 0 spiro atoms. The number of carboxylic acids is 1. The molecule has 1 rings (SSSR count). The zero-order chi connectivity index (χ0) is 11.4. The second-order valence-corrected chi connectivity index (χ2v) is 3.80. The van der Waals surface area contributed by atoms with Crippen molar-refractivity contribution in [3.05, 3.63) is 29.0 Å². The van der Waals surface area contributed by atoms with Gasteiger partial charge in [0.15, 0.2) is 0 Å². The molecule has 0 fully saturated rings. The molecule has 0 radical (unpaired) electrons. The fourth-order valence-electron chi connectivity index (χ4n) is 1.13. The molecule has 82 valence electrons. The van der Waals surface area contributed by atoms with Crippen molar-refractivity contribution in [3.8, 4) is 0 Å². The third kappa shape index (κ3) is 3.18. The first-order valence-electron chi connectivity index (χ1n) is 4.54. The lowest BCUT2D eigenvalue weighted by atomic mass is 10.2. The summed E-state index contributed by atoms with van der Waals surface area (Å²) < 4.78 is 0. The van der Waals surface area contributed by atoms with Crippen molar-refractivity contribution in [1.82, 2.24) is 9.88 Å². The molecule has 1 heterocycles. The minimum atomic E-state index is -0.845. The predicted octanol–water partition coefficient (Wildman–Crippen LogP) is 1.64. The Hall–Kier alpha value is -1.13. The number of pyridine rings is 1. The first-order chi connectivity index (χ1) is 7.02. The molecule has 0 saturated carbocycles. The number of nitrogens with zero attached hydrogens (tertiary/aromatic N) is 2. The van der Waals surface area contributed by atoms with Gasteiger partial charge >= 0.3 is 5.97 Å². The van der Waals surface area contributed by atoms with Crippen LogP contribution in [-0.2, 0) is 11.3 Å². The molecule has 1 N–H and O–H groups in total. The Labute approximate surface area is 93.5 Å². The van der Waals surface area contributed by atoms with Gasteiger partial charge in [0.1, 0.15) is 6.04 Å². The smallest absolute Gasteiger partial charge is 0.320 e. The van der Waals surface area contributed by atoms with Gasteiger partial charge in [0.25, 0.3) is 0 Å². The van der Waals surface area contributed by atoms with E-state index in [1.165, 1.54) is 0 Å². The lowest BCUT2D eigenvalue weighted by Crippen LogP contribution is -2.35. The van der Waals surface area contributed by atoms with Crippen molar-refractivity contribution in [2.75, 3.05) is 7.05 Å². The van der Waals surface area contributed by atoms with Crippen molar-refractivity contribution in [1.29, 1.82) is 0 Å². The molecule has 15 heavy (non-hydrogen) atoms. The van der Waals surface area contributed by atoms with Crippen molar-refractivity contribution in [2.45, 2.75) is 19.5 Å². The zero-order valence-corrected chi connectivity index (χ0v) is 9.40. The Morgan fingerprint density at radius 1 is 1.73 bits per heavy atom. The van der Waals surface area contributed by atoms with Crippen molar-refractivity contribution >= 4 is 17.6 Å². The van der Waals surface area contributed by atoms with Crippen LogP contribution < -0.4 is 0 Å². The second kappa shape index (κ2) is 5.09. The van der Waals surface area contributed by atoms with Crippen LogP contribution in [0.3, 0.4) is 0 Å². The van der Waals surface area contributed by atoms with Crippen LogP contribution in [0.5, 0.6) is 0 Å². The zero-order valence-electron chi connectivity index (χ0n) is 8.64. The van der Waals surface area contributed by atoms with E-state index in [-0.39, 0.29) is 0 Å². The van der Waals surface area contributed by atoms with Gasteiger partial charge in [-0.05, 0) is 25.6 Å². The highest BCUT2D eigenvalue weighted by molar-refractivity contribution is 6.31.